The Hall–Kier alpha value is -2.68. The quantitative estimate of drug-likeness (QED) is 0.696. The lowest BCUT2D eigenvalue weighted by molar-refractivity contribution is -0.137. The van der Waals surface area contributed by atoms with E-state index < -0.39 is 11.7 Å². The van der Waals surface area contributed by atoms with Crippen molar-refractivity contribution in [2.24, 2.45) is 5.92 Å². The van der Waals surface area contributed by atoms with Crippen LogP contribution >= 0.6 is 0 Å². The number of pyridine rings is 1. The highest BCUT2D eigenvalue weighted by atomic mass is 19.4. The molecule has 0 bridgehead atoms. The Bertz CT molecular complexity index is 878. The van der Waals surface area contributed by atoms with Crippen molar-refractivity contribution in [2.75, 3.05) is 38.6 Å². The standard InChI is InChI=1S/C22H26F4N4O/c1-29(2)19(16-4-3-5-18(23)12-16)14-28-21(31)15-8-10-30(11-9-15)20-7-6-17(13-27-20)22(24,25)26/h3-7,12-13,15,19H,8-11,14H2,1-2H3,(H,28,31). The van der Waals surface area contributed by atoms with E-state index in [1.54, 1.807) is 6.07 Å². The summed E-state index contributed by atoms with van der Waals surface area (Å²) in [6.45, 7) is 1.44. The van der Waals surface area contributed by atoms with Crippen molar-refractivity contribution in [3.05, 3.63) is 59.5 Å². The third-order valence-corrected chi connectivity index (χ3v) is 5.59. The summed E-state index contributed by atoms with van der Waals surface area (Å²) < 4.78 is 51.6. The molecule has 2 aromatic rings. The molecule has 1 saturated heterocycles. The summed E-state index contributed by atoms with van der Waals surface area (Å²) in [5.74, 6) is -0.0881. The molecule has 0 spiro atoms. The summed E-state index contributed by atoms with van der Waals surface area (Å²) in [5.41, 5.74) is 0.00718. The van der Waals surface area contributed by atoms with Gasteiger partial charge in [0.2, 0.25) is 5.91 Å². The lowest BCUT2D eigenvalue weighted by Crippen LogP contribution is -2.43. The van der Waals surface area contributed by atoms with Gasteiger partial charge >= 0.3 is 6.18 Å². The summed E-state index contributed by atoms with van der Waals surface area (Å²) in [6.07, 6.45) is -2.41. The lowest BCUT2D eigenvalue weighted by atomic mass is 9.95. The number of carbonyl (C=O) groups excluding carboxylic acids is 1. The minimum atomic E-state index is -4.41. The van der Waals surface area contributed by atoms with Crippen LogP contribution in [0.25, 0.3) is 0 Å². The number of piperidine rings is 1. The molecule has 0 aliphatic carbocycles. The molecule has 1 aromatic carbocycles. The zero-order valence-electron chi connectivity index (χ0n) is 17.5. The second-order valence-electron chi connectivity index (χ2n) is 7.94. The predicted molar refractivity (Wildman–Crippen MR) is 110 cm³/mol. The van der Waals surface area contributed by atoms with Crippen LogP contribution in [0.3, 0.4) is 0 Å². The molecule has 1 unspecified atom stereocenters. The summed E-state index contributed by atoms with van der Waals surface area (Å²) in [6, 6.07) is 8.55. The zero-order valence-corrected chi connectivity index (χ0v) is 17.5. The van der Waals surface area contributed by atoms with Crippen LogP contribution in [0.5, 0.6) is 0 Å². The number of aromatic nitrogens is 1. The minimum absolute atomic E-state index is 0.0664. The molecule has 9 heteroatoms. The smallest absolute Gasteiger partial charge is 0.357 e. The fourth-order valence-electron chi connectivity index (χ4n) is 3.77. The number of hydrogen-bond donors (Lipinski definition) is 1. The predicted octanol–water partition coefficient (Wildman–Crippen LogP) is 3.88. The van der Waals surface area contributed by atoms with E-state index in [1.165, 1.54) is 18.2 Å². The highest BCUT2D eigenvalue weighted by Crippen LogP contribution is 2.30. The van der Waals surface area contributed by atoms with E-state index in [0.717, 1.165) is 17.8 Å². The van der Waals surface area contributed by atoms with E-state index in [-0.39, 0.29) is 23.7 Å². The van der Waals surface area contributed by atoms with E-state index in [9.17, 15) is 22.4 Å². The van der Waals surface area contributed by atoms with E-state index in [0.29, 0.717) is 38.3 Å². The van der Waals surface area contributed by atoms with E-state index in [2.05, 4.69) is 10.3 Å². The topological polar surface area (TPSA) is 48.5 Å². The maximum absolute atomic E-state index is 13.6. The normalized spacial score (nSPS) is 16.4. The van der Waals surface area contributed by atoms with Gasteiger partial charge in [-0.25, -0.2) is 9.37 Å². The lowest BCUT2D eigenvalue weighted by Gasteiger charge is -2.33. The first-order chi connectivity index (χ1) is 14.6. The number of anilines is 1. The highest BCUT2D eigenvalue weighted by molar-refractivity contribution is 5.79. The molecule has 3 rings (SSSR count). The average molecular weight is 438 g/mol. The molecule has 1 aliphatic heterocycles. The van der Waals surface area contributed by atoms with Crippen LogP contribution in [0.4, 0.5) is 23.4 Å². The van der Waals surface area contributed by atoms with Crippen molar-refractivity contribution in [3.63, 3.8) is 0 Å². The molecule has 31 heavy (non-hydrogen) atoms. The molecule has 1 amide bonds. The summed E-state index contributed by atoms with van der Waals surface area (Å²) in [7, 11) is 3.74. The number of halogens is 4. The number of hydrogen-bond acceptors (Lipinski definition) is 4. The first kappa shape index (κ1) is 23.0. The fraction of sp³-hybridized carbons (Fsp3) is 0.455. The monoisotopic (exact) mass is 438 g/mol. The number of alkyl halides is 3. The van der Waals surface area contributed by atoms with Gasteiger partial charge in [-0.05, 0) is 56.8 Å². The molecule has 0 saturated carbocycles. The second kappa shape index (κ2) is 9.64. The zero-order chi connectivity index (χ0) is 22.6. The van der Waals surface area contributed by atoms with Gasteiger partial charge in [-0.3, -0.25) is 4.79 Å². The minimum Gasteiger partial charge on any atom is -0.357 e. The number of nitrogens with one attached hydrogen (secondary N) is 1. The van der Waals surface area contributed by atoms with Gasteiger partial charge in [0.05, 0.1) is 11.6 Å². The number of carbonyl (C=O) groups is 1. The van der Waals surface area contributed by atoms with E-state index in [4.69, 9.17) is 0 Å². The Morgan fingerprint density at radius 3 is 2.48 bits per heavy atom. The molecular formula is C22H26F4N4O. The number of rotatable bonds is 6. The molecule has 168 valence electrons. The molecule has 1 fully saturated rings. The van der Waals surface area contributed by atoms with Gasteiger partial charge in [0.15, 0.2) is 0 Å². The van der Waals surface area contributed by atoms with Gasteiger partial charge in [0, 0.05) is 31.7 Å². The summed E-state index contributed by atoms with van der Waals surface area (Å²) in [4.78, 5) is 20.4. The summed E-state index contributed by atoms with van der Waals surface area (Å²) in [5, 5.41) is 2.97. The van der Waals surface area contributed by atoms with Crippen LogP contribution in [0, 0.1) is 11.7 Å². The Morgan fingerprint density at radius 1 is 1.23 bits per heavy atom. The van der Waals surface area contributed by atoms with Gasteiger partial charge < -0.3 is 15.1 Å². The third-order valence-electron chi connectivity index (χ3n) is 5.59. The molecule has 1 atom stereocenters. The van der Waals surface area contributed by atoms with Crippen LogP contribution in [-0.4, -0.2) is 49.5 Å². The number of benzene rings is 1. The van der Waals surface area contributed by atoms with Crippen LogP contribution in [0.15, 0.2) is 42.6 Å². The first-order valence-electron chi connectivity index (χ1n) is 10.1. The second-order valence-corrected chi connectivity index (χ2v) is 7.94. The summed E-state index contributed by atoms with van der Waals surface area (Å²) >= 11 is 0. The average Bonchev–Trinajstić information content (AvgIpc) is 2.73. The number of amides is 1. The van der Waals surface area contributed by atoms with Crippen molar-refractivity contribution in [2.45, 2.75) is 25.1 Å². The molecular weight excluding hydrogens is 412 g/mol. The third kappa shape index (κ3) is 5.94. The van der Waals surface area contributed by atoms with Crippen molar-refractivity contribution >= 4 is 11.7 Å². The Balaban J connectivity index is 1.53. The largest absolute Gasteiger partial charge is 0.417 e. The van der Waals surface area contributed by atoms with Gasteiger partial charge in [0.25, 0.3) is 0 Å². The Morgan fingerprint density at radius 2 is 1.94 bits per heavy atom. The van der Waals surface area contributed by atoms with Crippen molar-refractivity contribution in [1.29, 1.82) is 0 Å². The Labute approximate surface area is 179 Å². The molecule has 0 radical (unpaired) electrons. The molecule has 2 heterocycles. The van der Waals surface area contributed by atoms with Crippen molar-refractivity contribution < 1.29 is 22.4 Å². The molecule has 1 aromatic heterocycles. The van der Waals surface area contributed by atoms with E-state index in [1.807, 2.05) is 30.0 Å². The van der Waals surface area contributed by atoms with E-state index >= 15 is 0 Å². The van der Waals surface area contributed by atoms with Crippen LogP contribution < -0.4 is 10.2 Å². The molecule has 5 nitrogen and oxygen atoms in total. The maximum atomic E-state index is 13.6. The number of likely N-dealkylation sites (N-methyl/N-ethyl adjacent to an activating group) is 1. The Kier molecular flexibility index (Phi) is 7.15. The van der Waals surface area contributed by atoms with Crippen molar-refractivity contribution in [1.82, 2.24) is 15.2 Å². The highest BCUT2D eigenvalue weighted by Gasteiger charge is 2.31. The van der Waals surface area contributed by atoms with Gasteiger partial charge in [-0.15, -0.1) is 0 Å². The maximum Gasteiger partial charge on any atom is 0.417 e. The fourth-order valence-corrected chi connectivity index (χ4v) is 3.77. The van der Waals surface area contributed by atoms with Crippen LogP contribution in [0.1, 0.15) is 30.0 Å². The molecule has 1 aliphatic rings. The molecule has 1 N–H and O–H groups in total. The first-order valence-corrected chi connectivity index (χ1v) is 10.1. The van der Waals surface area contributed by atoms with Crippen LogP contribution in [-0.2, 0) is 11.0 Å². The van der Waals surface area contributed by atoms with Gasteiger partial charge in [0.1, 0.15) is 11.6 Å². The van der Waals surface area contributed by atoms with Crippen molar-refractivity contribution in [3.8, 4) is 0 Å². The SMILES string of the molecule is CN(C)C(CNC(=O)C1CCN(c2ccc(C(F)(F)F)cn2)CC1)c1cccc(F)c1. The number of nitrogens with zero attached hydrogens (tertiary/aromatic N) is 3. The van der Waals surface area contributed by atoms with Gasteiger partial charge in [-0.2, -0.15) is 13.2 Å². The van der Waals surface area contributed by atoms with Gasteiger partial charge in [-0.1, -0.05) is 12.1 Å². The van der Waals surface area contributed by atoms with Crippen LogP contribution in [0.2, 0.25) is 0 Å².